The van der Waals surface area contributed by atoms with Crippen molar-refractivity contribution >= 4 is 11.6 Å². The maximum Gasteiger partial charge on any atom is 0.242 e. The number of nitrogens with zero attached hydrogens (tertiary/aromatic N) is 1. The first-order valence-corrected chi connectivity index (χ1v) is 6.98. The summed E-state index contributed by atoms with van der Waals surface area (Å²) in [5.74, 6) is -0.326. The van der Waals surface area contributed by atoms with E-state index < -0.39 is 0 Å². The maximum atomic E-state index is 13.0. The molecule has 1 aromatic carbocycles. The number of hydrogen-bond donors (Lipinski definition) is 2. The number of carbonyl (C=O) groups is 1. The fourth-order valence-electron chi connectivity index (χ4n) is 1.99. The van der Waals surface area contributed by atoms with Crippen LogP contribution in [0.2, 0.25) is 0 Å². The largest absolute Gasteiger partial charge is 0.360 e. The van der Waals surface area contributed by atoms with Gasteiger partial charge in [0.25, 0.3) is 0 Å². The summed E-state index contributed by atoms with van der Waals surface area (Å²) in [7, 11) is 0. The fraction of sp³-hybridized carbons (Fsp3) is 0.533. The van der Waals surface area contributed by atoms with E-state index in [-0.39, 0.29) is 23.8 Å². The number of nitrogens with two attached hydrogens (primary N) is 1. The lowest BCUT2D eigenvalue weighted by Gasteiger charge is -2.31. The highest BCUT2D eigenvalue weighted by molar-refractivity contribution is 5.85. The van der Waals surface area contributed by atoms with Crippen molar-refractivity contribution in [1.29, 1.82) is 0 Å². The molecule has 4 nitrogen and oxygen atoms in total. The van der Waals surface area contributed by atoms with Gasteiger partial charge < -0.3 is 16.0 Å². The van der Waals surface area contributed by atoms with Crippen LogP contribution in [0.1, 0.15) is 27.2 Å². The zero-order valence-electron chi connectivity index (χ0n) is 12.4. The average molecular weight is 281 g/mol. The summed E-state index contributed by atoms with van der Waals surface area (Å²) in [6, 6.07) is 5.94. The molecule has 0 aliphatic rings. The standard InChI is InChI=1S/C15H24FN3O/c1-11(2)18-15(20)12(3)19(10-4-9-17)14-7-5-13(16)6-8-14/h5-8,11-12H,4,9-10,17H2,1-3H3,(H,18,20). The summed E-state index contributed by atoms with van der Waals surface area (Å²) in [6.45, 7) is 6.90. The van der Waals surface area contributed by atoms with Crippen molar-refractivity contribution in [2.45, 2.75) is 39.3 Å². The van der Waals surface area contributed by atoms with E-state index in [2.05, 4.69) is 5.32 Å². The molecule has 0 saturated carbocycles. The molecule has 0 aliphatic heterocycles. The number of hydrogen-bond acceptors (Lipinski definition) is 3. The van der Waals surface area contributed by atoms with E-state index in [0.29, 0.717) is 13.1 Å². The Morgan fingerprint density at radius 2 is 1.90 bits per heavy atom. The molecule has 3 N–H and O–H groups in total. The van der Waals surface area contributed by atoms with Crippen LogP contribution in [0, 0.1) is 5.82 Å². The minimum atomic E-state index is -0.325. The number of halogens is 1. The van der Waals surface area contributed by atoms with E-state index in [9.17, 15) is 9.18 Å². The van der Waals surface area contributed by atoms with Gasteiger partial charge >= 0.3 is 0 Å². The van der Waals surface area contributed by atoms with Crippen LogP contribution in [0.4, 0.5) is 10.1 Å². The SMILES string of the molecule is CC(C)NC(=O)C(C)N(CCCN)c1ccc(F)cc1. The molecule has 1 rings (SSSR count). The molecule has 1 aromatic rings. The zero-order valence-corrected chi connectivity index (χ0v) is 12.4. The minimum absolute atomic E-state index is 0.0404. The highest BCUT2D eigenvalue weighted by atomic mass is 19.1. The highest BCUT2D eigenvalue weighted by Crippen LogP contribution is 2.18. The summed E-state index contributed by atoms with van der Waals surface area (Å²) in [5, 5.41) is 2.89. The van der Waals surface area contributed by atoms with Gasteiger partial charge in [0.15, 0.2) is 0 Å². The molecule has 0 saturated heterocycles. The first-order chi connectivity index (χ1) is 9.45. The lowest BCUT2D eigenvalue weighted by molar-refractivity contribution is -0.122. The van der Waals surface area contributed by atoms with Crippen LogP contribution in [0.3, 0.4) is 0 Å². The van der Waals surface area contributed by atoms with Crippen molar-refractivity contribution in [3.63, 3.8) is 0 Å². The van der Waals surface area contributed by atoms with Crippen LogP contribution in [0.15, 0.2) is 24.3 Å². The first kappa shape index (κ1) is 16.4. The van der Waals surface area contributed by atoms with Crippen LogP contribution in [-0.4, -0.2) is 31.1 Å². The fourth-order valence-corrected chi connectivity index (χ4v) is 1.99. The van der Waals surface area contributed by atoms with E-state index in [1.54, 1.807) is 12.1 Å². The predicted molar refractivity (Wildman–Crippen MR) is 80.2 cm³/mol. The van der Waals surface area contributed by atoms with Gasteiger partial charge in [-0.05, 0) is 58.0 Å². The monoisotopic (exact) mass is 281 g/mol. The number of rotatable bonds is 7. The second kappa shape index (κ2) is 7.85. The Hall–Kier alpha value is -1.62. The van der Waals surface area contributed by atoms with Crippen LogP contribution < -0.4 is 16.0 Å². The maximum absolute atomic E-state index is 13.0. The third-order valence-corrected chi connectivity index (χ3v) is 3.04. The Labute approximate surface area is 120 Å². The molecule has 0 spiro atoms. The molecule has 0 bridgehead atoms. The third kappa shape index (κ3) is 4.81. The predicted octanol–water partition coefficient (Wildman–Crippen LogP) is 1.89. The summed E-state index contributed by atoms with van der Waals surface area (Å²) in [5.41, 5.74) is 6.37. The van der Waals surface area contributed by atoms with Crippen LogP contribution in [-0.2, 0) is 4.79 Å². The Morgan fingerprint density at radius 1 is 1.30 bits per heavy atom. The second-order valence-electron chi connectivity index (χ2n) is 5.15. The zero-order chi connectivity index (χ0) is 15.1. The molecule has 5 heteroatoms. The van der Waals surface area contributed by atoms with E-state index in [4.69, 9.17) is 5.73 Å². The van der Waals surface area contributed by atoms with Gasteiger partial charge in [-0.2, -0.15) is 0 Å². The number of carbonyl (C=O) groups excluding carboxylic acids is 1. The van der Waals surface area contributed by atoms with Gasteiger partial charge in [-0.3, -0.25) is 4.79 Å². The summed E-state index contributed by atoms with van der Waals surface area (Å²) >= 11 is 0. The van der Waals surface area contributed by atoms with E-state index in [0.717, 1.165) is 12.1 Å². The minimum Gasteiger partial charge on any atom is -0.360 e. The molecular formula is C15H24FN3O. The number of amides is 1. The quantitative estimate of drug-likeness (QED) is 0.802. The topological polar surface area (TPSA) is 58.4 Å². The second-order valence-corrected chi connectivity index (χ2v) is 5.15. The van der Waals surface area contributed by atoms with Crippen LogP contribution in [0.5, 0.6) is 0 Å². The molecule has 0 radical (unpaired) electrons. The lowest BCUT2D eigenvalue weighted by Crippen LogP contribution is -2.47. The van der Waals surface area contributed by atoms with Gasteiger partial charge in [0.05, 0.1) is 0 Å². The Morgan fingerprint density at radius 3 is 2.40 bits per heavy atom. The van der Waals surface area contributed by atoms with Crippen LogP contribution >= 0.6 is 0 Å². The van der Waals surface area contributed by atoms with Crippen molar-refractivity contribution in [2.75, 3.05) is 18.0 Å². The molecule has 0 heterocycles. The van der Waals surface area contributed by atoms with Gasteiger partial charge in [0, 0.05) is 18.3 Å². The Bertz CT molecular complexity index is 420. The Kier molecular flexibility index (Phi) is 6.45. The molecule has 1 amide bonds. The Balaban J connectivity index is 2.87. The number of benzene rings is 1. The van der Waals surface area contributed by atoms with E-state index >= 15 is 0 Å². The summed E-state index contributed by atoms with van der Waals surface area (Å²) in [6.07, 6.45) is 0.774. The van der Waals surface area contributed by atoms with Gasteiger partial charge in [-0.1, -0.05) is 0 Å². The highest BCUT2D eigenvalue weighted by Gasteiger charge is 2.21. The molecule has 1 unspecified atom stereocenters. The molecule has 0 aliphatic carbocycles. The molecule has 0 fully saturated rings. The van der Waals surface area contributed by atoms with Crippen molar-refractivity contribution in [2.24, 2.45) is 5.73 Å². The smallest absolute Gasteiger partial charge is 0.242 e. The molecule has 1 atom stereocenters. The average Bonchev–Trinajstić information content (AvgIpc) is 2.40. The normalized spacial score (nSPS) is 12.3. The lowest BCUT2D eigenvalue weighted by atomic mass is 10.2. The molecule has 112 valence electrons. The van der Waals surface area contributed by atoms with Gasteiger partial charge in [-0.25, -0.2) is 4.39 Å². The van der Waals surface area contributed by atoms with Gasteiger partial charge in [0.2, 0.25) is 5.91 Å². The number of anilines is 1. The molecular weight excluding hydrogens is 257 g/mol. The first-order valence-electron chi connectivity index (χ1n) is 6.98. The summed E-state index contributed by atoms with van der Waals surface area (Å²) < 4.78 is 13.0. The van der Waals surface area contributed by atoms with Crippen LogP contribution in [0.25, 0.3) is 0 Å². The third-order valence-electron chi connectivity index (χ3n) is 3.04. The van der Waals surface area contributed by atoms with Crippen molar-refractivity contribution in [3.8, 4) is 0 Å². The van der Waals surface area contributed by atoms with Crippen molar-refractivity contribution in [3.05, 3.63) is 30.1 Å². The van der Waals surface area contributed by atoms with Crippen molar-refractivity contribution in [1.82, 2.24) is 5.32 Å². The molecule has 20 heavy (non-hydrogen) atoms. The molecule has 0 aromatic heterocycles. The number of nitrogens with one attached hydrogen (secondary N) is 1. The summed E-state index contributed by atoms with van der Waals surface area (Å²) in [4.78, 5) is 14.1. The van der Waals surface area contributed by atoms with Crippen molar-refractivity contribution < 1.29 is 9.18 Å². The van der Waals surface area contributed by atoms with Gasteiger partial charge in [0.1, 0.15) is 11.9 Å². The van der Waals surface area contributed by atoms with E-state index in [1.165, 1.54) is 12.1 Å². The van der Waals surface area contributed by atoms with Gasteiger partial charge in [-0.15, -0.1) is 0 Å². The van der Waals surface area contributed by atoms with E-state index in [1.807, 2.05) is 25.7 Å².